The number of aryl methyl sites for hydroxylation is 1. The fraction of sp³-hybridized carbons (Fsp3) is 0.185. The maximum atomic E-state index is 13.2. The fourth-order valence-electron chi connectivity index (χ4n) is 4.09. The van der Waals surface area contributed by atoms with Gasteiger partial charge in [-0.1, -0.05) is 36.4 Å². The summed E-state index contributed by atoms with van der Waals surface area (Å²) in [6.45, 7) is 5.23. The molecule has 1 atom stereocenters. The van der Waals surface area contributed by atoms with E-state index in [4.69, 9.17) is 4.42 Å². The van der Waals surface area contributed by atoms with E-state index in [2.05, 4.69) is 5.32 Å². The summed E-state index contributed by atoms with van der Waals surface area (Å²) >= 11 is 0. The van der Waals surface area contributed by atoms with Crippen LogP contribution in [0.2, 0.25) is 0 Å². The number of carbonyl (C=O) groups is 1. The Morgan fingerprint density at radius 2 is 1.71 bits per heavy atom. The van der Waals surface area contributed by atoms with Gasteiger partial charge in [-0.05, 0) is 50.6 Å². The van der Waals surface area contributed by atoms with Gasteiger partial charge in [0, 0.05) is 22.4 Å². The predicted octanol–water partition coefficient (Wildman–Crippen LogP) is 6.97. The lowest BCUT2D eigenvalue weighted by Gasteiger charge is -2.20. The molecule has 0 unspecified atom stereocenters. The van der Waals surface area contributed by atoms with E-state index in [1.54, 1.807) is 26.0 Å². The molecule has 0 saturated carbocycles. The maximum Gasteiger partial charge on any atom is 0.416 e. The molecule has 3 aromatic carbocycles. The molecular formula is C27H22F3NO4. The lowest BCUT2D eigenvalue weighted by Crippen LogP contribution is -2.15. The van der Waals surface area contributed by atoms with Crippen molar-refractivity contribution in [2.24, 2.45) is 0 Å². The van der Waals surface area contributed by atoms with E-state index in [1.165, 1.54) is 0 Å². The molecule has 0 aliphatic rings. The average Bonchev–Trinajstić information content (AvgIpc) is 2.81. The summed E-state index contributed by atoms with van der Waals surface area (Å²) in [5.74, 6) is -1.07. The summed E-state index contributed by atoms with van der Waals surface area (Å²) < 4.78 is 45.5. The molecule has 0 amide bonds. The highest BCUT2D eigenvalue weighted by atomic mass is 19.4. The first-order valence-corrected chi connectivity index (χ1v) is 10.8. The van der Waals surface area contributed by atoms with E-state index in [0.29, 0.717) is 33.9 Å². The average molecular weight is 481 g/mol. The van der Waals surface area contributed by atoms with Crippen LogP contribution >= 0.6 is 0 Å². The van der Waals surface area contributed by atoms with Crippen LogP contribution in [-0.2, 0) is 6.18 Å². The molecule has 35 heavy (non-hydrogen) atoms. The van der Waals surface area contributed by atoms with Gasteiger partial charge in [0.25, 0.3) is 0 Å². The molecule has 4 aromatic rings. The Morgan fingerprint density at radius 3 is 2.34 bits per heavy atom. The topological polar surface area (TPSA) is 79.5 Å². The molecule has 8 heteroatoms. The first kappa shape index (κ1) is 24.1. The number of anilines is 1. The quantitative estimate of drug-likeness (QED) is 0.322. The number of alkyl halides is 3. The second kappa shape index (κ2) is 8.94. The van der Waals surface area contributed by atoms with Crippen LogP contribution in [0.3, 0.4) is 0 Å². The number of benzene rings is 3. The van der Waals surface area contributed by atoms with Gasteiger partial charge in [0.15, 0.2) is 5.43 Å². The Bertz CT molecular complexity index is 1490. The number of carboxylic acids is 1. The van der Waals surface area contributed by atoms with Crippen LogP contribution in [-0.4, -0.2) is 11.1 Å². The summed E-state index contributed by atoms with van der Waals surface area (Å²) in [6.07, 6.45) is -4.67. The molecule has 2 N–H and O–H groups in total. The molecule has 0 spiro atoms. The van der Waals surface area contributed by atoms with Crippen molar-refractivity contribution in [3.05, 3.63) is 98.7 Å². The number of fused-ring (bicyclic) bond motifs is 1. The van der Waals surface area contributed by atoms with Crippen molar-refractivity contribution in [2.75, 3.05) is 5.32 Å². The van der Waals surface area contributed by atoms with Gasteiger partial charge in [0.2, 0.25) is 0 Å². The third kappa shape index (κ3) is 4.64. The zero-order chi connectivity index (χ0) is 25.5. The molecule has 5 nitrogen and oxygen atoms in total. The second-order valence-electron chi connectivity index (χ2n) is 8.41. The van der Waals surface area contributed by atoms with Crippen LogP contribution in [0, 0.1) is 13.8 Å². The minimum Gasteiger partial charge on any atom is -0.478 e. The van der Waals surface area contributed by atoms with E-state index < -0.39 is 29.3 Å². The monoisotopic (exact) mass is 481 g/mol. The SMILES string of the molecule is Cc1cc([C@@H](C)Nc2ccc(C(F)(F)F)cc2C(=O)O)c2oc(-c3ccccc3)c(C)c(=O)c2c1. The Balaban J connectivity index is 1.85. The van der Waals surface area contributed by atoms with Crippen molar-refractivity contribution in [1.29, 1.82) is 0 Å². The smallest absolute Gasteiger partial charge is 0.416 e. The highest BCUT2D eigenvalue weighted by molar-refractivity contribution is 5.95. The number of hydrogen-bond donors (Lipinski definition) is 2. The molecule has 180 valence electrons. The van der Waals surface area contributed by atoms with Crippen LogP contribution in [0.15, 0.2) is 69.9 Å². The maximum absolute atomic E-state index is 13.2. The third-order valence-corrected chi connectivity index (χ3v) is 5.84. The van der Waals surface area contributed by atoms with Gasteiger partial charge in [-0.2, -0.15) is 13.2 Å². The lowest BCUT2D eigenvalue weighted by atomic mass is 9.98. The van der Waals surface area contributed by atoms with E-state index in [9.17, 15) is 27.9 Å². The Morgan fingerprint density at radius 1 is 1.03 bits per heavy atom. The van der Waals surface area contributed by atoms with E-state index in [1.807, 2.05) is 37.3 Å². The normalized spacial score (nSPS) is 12.5. The van der Waals surface area contributed by atoms with E-state index in [-0.39, 0.29) is 11.1 Å². The van der Waals surface area contributed by atoms with Crippen molar-refractivity contribution in [3.8, 4) is 11.3 Å². The molecule has 0 bridgehead atoms. The molecule has 0 saturated heterocycles. The van der Waals surface area contributed by atoms with Gasteiger partial charge in [0.05, 0.1) is 22.6 Å². The Labute approximate surface area is 198 Å². The first-order valence-electron chi connectivity index (χ1n) is 10.8. The number of nitrogens with one attached hydrogen (secondary N) is 1. The predicted molar refractivity (Wildman–Crippen MR) is 128 cm³/mol. The van der Waals surface area contributed by atoms with Crippen LogP contribution < -0.4 is 10.7 Å². The minimum atomic E-state index is -4.67. The molecule has 0 radical (unpaired) electrons. The van der Waals surface area contributed by atoms with Gasteiger partial charge < -0.3 is 14.8 Å². The molecule has 0 aliphatic heterocycles. The van der Waals surface area contributed by atoms with Gasteiger partial charge >= 0.3 is 12.1 Å². The second-order valence-corrected chi connectivity index (χ2v) is 8.41. The molecular weight excluding hydrogens is 459 g/mol. The van der Waals surface area contributed by atoms with Gasteiger partial charge in [-0.3, -0.25) is 4.79 Å². The van der Waals surface area contributed by atoms with E-state index in [0.717, 1.165) is 23.3 Å². The lowest BCUT2D eigenvalue weighted by molar-refractivity contribution is -0.137. The summed E-state index contributed by atoms with van der Waals surface area (Å²) in [6, 6.07) is 14.6. The summed E-state index contributed by atoms with van der Waals surface area (Å²) in [5.41, 5.74) is 1.14. The third-order valence-electron chi connectivity index (χ3n) is 5.84. The zero-order valence-electron chi connectivity index (χ0n) is 19.2. The molecule has 4 rings (SSSR count). The van der Waals surface area contributed by atoms with Crippen molar-refractivity contribution in [2.45, 2.75) is 33.0 Å². The van der Waals surface area contributed by atoms with Crippen LogP contribution in [0.1, 0.15) is 45.6 Å². The molecule has 1 heterocycles. The van der Waals surface area contributed by atoms with Crippen molar-refractivity contribution in [1.82, 2.24) is 0 Å². The van der Waals surface area contributed by atoms with Crippen molar-refractivity contribution < 1.29 is 27.5 Å². The Kier molecular flexibility index (Phi) is 6.15. The zero-order valence-corrected chi connectivity index (χ0v) is 19.2. The van der Waals surface area contributed by atoms with Crippen LogP contribution in [0.4, 0.5) is 18.9 Å². The molecule has 0 aliphatic carbocycles. The van der Waals surface area contributed by atoms with Crippen LogP contribution in [0.25, 0.3) is 22.3 Å². The molecule has 0 fully saturated rings. The van der Waals surface area contributed by atoms with Crippen molar-refractivity contribution in [3.63, 3.8) is 0 Å². The summed E-state index contributed by atoms with van der Waals surface area (Å²) in [4.78, 5) is 24.9. The van der Waals surface area contributed by atoms with Gasteiger partial charge in [-0.15, -0.1) is 0 Å². The Hall–Kier alpha value is -4.07. The number of halogens is 3. The highest BCUT2D eigenvalue weighted by Gasteiger charge is 2.32. The minimum absolute atomic E-state index is 0.0189. The van der Waals surface area contributed by atoms with E-state index >= 15 is 0 Å². The van der Waals surface area contributed by atoms with Crippen molar-refractivity contribution >= 4 is 22.6 Å². The van der Waals surface area contributed by atoms with Gasteiger partial charge in [0.1, 0.15) is 11.3 Å². The molecule has 1 aromatic heterocycles. The number of rotatable bonds is 5. The summed E-state index contributed by atoms with van der Waals surface area (Å²) in [7, 11) is 0. The van der Waals surface area contributed by atoms with Crippen LogP contribution in [0.5, 0.6) is 0 Å². The first-order chi connectivity index (χ1) is 16.5. The number of carboxylic acid groups (broad SMARTS) is 1. The largest absolute Gasteiger partial charge is 0.478 e. The number of aromatic carboxylic acids is 1. The summed E-state index contributed by atoms with van der Waals surface area (Å²) in [5, 5.41) is 12.9. The number of hydrogen-bond acceptors (Lipinski definition) is 4. The standard InChI is InChI=1S/C27H22F3NO4/c1-14-11-19(16(3)31-22-10-9-18(27(28,29)30)13-20(22)26(33)34)25-21(12-14)23(32)15(2)24(35-25)17-7-5-4-6-8-17/h4-13,16,31H,1-3H3,(H,33,34)/t16-/m1/s1. The fourth-order valence-corrected chi connectivity index (χ4v) is 4.09. The highest BCUT2D eigenvalue weighted by Crippen LogP contribution is 2.35. The van der Waals surface area contributed by atoms with Gasteiger partial charge in [-0.25, -0.2) is 4.79 Å².